The highest BCUT2D eigenvalue weighted by atomic mass is 16.3. The summed E-state index contributed by atoms with van der Waals surface area (Å²) in [7, 11) is 0. The fourth-order valence-electron chi connectivity index (χ4n) is 2.18. The Hall–Kier alpha value is -1.55. The summed E-state index contributed by atoms with van der Waals surface area (Å²) in [5.41, 5.74) is 0.0303. The summed E-state index contributed by atoms with van der Waals surface area (Å²) in [6, 6.07) is 4.98. The van der Waals surface area contributed by atoms with Crippen LogP contribution in [0, 0.1) is 6.92 Å². The number of aryl methyl sites for hydroxylation is 1. The number of phenols is 1. The minimum Gasteiger partial charge on any atom is -0.506 e. The summed E-state index contributed by atoms with van der Waals surface area (Å²) in [6.07, 6.45) is 2.71. The lowest BCUT2D eigenvalue weighted by molar-refractivity contribution is -0.133. The van der Waals surface area contributed by atoms with Crippen molar-refractivity contribution in [3.63, 3.8) is 0 Å². The molecule has 1 aromatic carbocycles. The van der Waals surface area contributed by atoms with Gasteiger partial charge in [0.25, 0.3) is 5.91 Å². The predicted molar refractivity (Wildman–Crippen MR) is 64.9 cm³/mol. The molecule has 0 unspecified atom stereocenters. The SMILES string of the molecule is Cc1ccc(O)c(NC(=O)C2(O)CCCC2)c1. The average molecular weight is 235 g/mol. The molecule has 1 aliphatic rings. The zero-order chi connectivity index (χ0) is 12.5. The van der Waals surface area contributed by atoms with Gasteiger partial charge in [-0.3, -0.25) is 4.79 Å². The van der Waals surface area contributed by atoms with Gasteiger partial charge in [0.05, 0.1) is 5.69 Å². The van der Waals surface area contributed by atoms with E-state index >= 15 is 0 Å². The van der Waals surface area contributed by atoms with E-state index in [4.69, 9.17) is 0 Å². The number of anilines is 1. The van der Waals surface area contributed by atoms with Gasteiger partial charge in [0.15, 0.2) is 0 Å². The molecule has 0 heterocycles. The van der Waals surface area contributed by atoms with E-state index in [-0.39, 0.29) is 5.75 Å². The molecule has 0 aliphatic heterocycles. The molecule has 17 heavy (non-hydrogen) atoms. The van der Waals surface area contributed by atoms with Crippen molar-refractivity contribution in [2.24, 2.45) is 0 Å². The fourth-order valence-corrected chi connectivity index (χ4v) is 2.18. The van der Waals surface area contributed by atoms with Crippen molar-refractivity contribution < 1.29 is 15.0 Å². The van der Waals surface area contributed by atoms with Crippen LogP contribution in [0.4, 0.5) is 5.69 Å². The van der Waals surface area contributed by atoms with Crippen LogP contribution in [0.2, 0.25) is 0 Å². The molecule has 1 saturated carbocycles. The van der Waals surface area contributed by atoms with Crippen LogP contribution in [0.1, 0.15) is 31.2 Å². The quantitative estimate of drug-likeness (QED) is 0.686. The Bertz CT molecular complexity index is 436. The van der Waals surface area contributed by atoms with Crippen molar-refractivity contribution in [2.45, 2.75) is 38.2 Å². The van der Waals surface area contributed by atoms with Crippen LogP contribution in [0.5, 0.6) is 5.75 Å². The van der Waals surface area contributed by atoms with Crippen LogP contribution in [0.25, 0.3) is 0 Å². The first kappa shape index (κ1) is 11.9. The van der Waals surface area contributed by atoms with Gasteiger partial charge in [-0.2, -0.15) is 0 Å². The number of hydrogen-bond donors (Lipinski definition) is 3. The van der Waals surface area contributed by atoms with Crippen molar-refractivity contribution in [2.75, 3.05) is 5.32 Å². The largest absolute Gasteiger partial charge is 0.506 e. The zero-order valence-corrected chi connectivity index (χ0v) is 9.86. The minimum atomic E-state index is -1.27. The van der Waals surface area contributed by atoms with Gasteiger partial charge < -0.3 is 15.5 Å². The van der Waals surface area contributed by atoms with Crippen LogP contribution in [-0.4, -0.2) is 21.7 Å². The molecule has 0 atom stereocenters. The van der Waals surface area contributed by atoms with Gasteiger partial charge in [-0.1, -0.05) is 6.07 Å². The lowest BCUT2D eigenvalue weighted by atomic mass is 10.0. The zero-order valence-electron chi connectivity index (χ0n) is 9.86. The van der Waals surface area contributed by atoms with Gasteiger partial charge in [0, 0.05) is 0 Å². The Balaban J connectivity index is 2.15. The standard InChI is InChI=1S/C13H17NO3/c1-9-4-5-11(15)10(8-9)14-12(16)13(17)6-2-3-7-13/h4-5,8,15,17H,2-3,6-7H2,1H3,(H,14,16). The first-order chi connectivity index (χ1) is 8.01. The fraction of sp³-hybridized carbons (Fsp3) is 0.462. The van der Waals surface area contributed by atoms with E-state index in [2.05, 4.69) is 5.32 Å². The summed E-state index contributed by atoms with van der Waals surface area (Å²) in [5.74, 6) is -0.401. The number of rotatable bonds is 2. The normalized spacial score (nSPS) is 18.0. The number of aromatic hydroxyl groups is 1. The van der Waals surface area contributed by atoms with Gasteiger partial charge in [0.1, 0.15) is 11.4 Å². The summed E-state index contributed by atoms with van der Waals surface area (Å²) in [5, 5.41) is 22.3. The first-order valence-corrected chi connectivity index (χ1v) is 5.85. The number of benzene rings is 1. The second-order valence-electron chi connectivity index (χ2n) is 4.71. The maximum absolute atomic E-state index is 11.9. The third-order valence-electron chi connectivity index (χ3n) is 3.25. The molecule has 1 aliphatic carbocycles. The van der Waals surface area contributed by atoms with Gasteiger partial charge in [-0.05, 0) is 50.3 Å². The summed E-state index contributed by atoms with van der Waals surface area (Å²) < 4.78 is 0. The number of phenolic OH excluding ortho intramolecular Hbond substituents is 1. The molecule has 1 fully saturated rings. The second-order valence-corrected chi connectivity index (χ2v) is 4.71. The number of amides is 1. The van der Waals surface area contributed by atoms with E-state index in [1.807, 2.05) is 6.92 Å². The minimum absolute atomic E-state index is 0.0190. The van der Waals surface area contributed by atoms with E-state index in [0.29, 0.717) is 18.5 Å². The monoisotopic (exact) mass is 235 g/mol. The molecule has 92 valence electrons. The Morgan fingerprint density at radius 3 is 2.65 bits per heavy atom. The maximum atomic E-state index is 11.9. The van der Waals surface area contributed by atoms with Crippen LogP contribution in [0.15, 0.2) is 18.2 Å². The van der Waals surface area contributed by atoms with Crippen LogP contribution in [-0.2, 0) is 4.79 Å². The van der Waals surface area contributed by atoms with Crippen molar-refractivity contribution in [1.82, 2.24) is 0 Å². The first-order valence-electron chi connectivity index (χ1n) is 5.85. The predicted octanol–water partition coefficient (Wildman–Crippen LogP) is 1.94. The number of hydrogen-bond acceptors (Lipinski definition) is 3. The molecule has 0 aromatic heterocycles. The van der Waals surface area contributed by atoms with E-state index in [0.717, 1.165) is 18.4 Å². The van der Waals surface area contributed by atoms with Crippen LogP contribution in [0.3, 0.4) is 0 Å². The lowest BCUT2D eigenvalue weighted by Crippen LogP contribution is -2.40. The molecular formula is C13H17NO3. The summed E-state index contributed by atoms with van der Waals surface area (Å²) >= 11 is 0. The summed E-state index contributed by atoms with van der Waals surface area (Å²) in [4.78, 5) is 11.9. The lowest BCUT2D eigenvalue weighted by Gasteiger charge is -2.21. The second kappa shape index (κ2) is 4.37. The molecule has 4 heteroatoms. The van der Waals surface area contributed by atoms with Crippen molar-refractivity contribution in [1.29, 1.82) is 0 Å². The number of nitrogens with one attached hydrogen (secondary N) is 1. The molecule has 0 spiro atoms. The van der Waals surface area contributed by atoms with Crippen molar-refractivity contribution in [3.8, 4) is 5.75 Å². The van der Waals surface area contributed by atoms with Crippen LogP contribution >= 0.6 is 0 Å². The molecule has 0 saturated heterocycles. The van der Waals surface area contributed by atoms with Crippen molar-refractivity contribution >= 4 is 11.6 Å². The van der Waals surface area contributed by atoms with E-state index in [9.17, 15) is 15.0 Å². The highest BCUT2D eigenvalue weighted by Crippen LogP contribution is 2.32. The number of carbonyl (C=O) groups is 1. The molecular weight excluding hydrogens is 218 g/mol. The molecule has 2 rings (SSSR count). The van der Waals surface area contributed by atoms with Gasteiger partial charge in [-0.15, -0.1) is 0 Å². The Labute approximate surface area is 100 Å². The topological polar surface area (TPSA) is 69.6 Å². The Morgan fingerprint density at radius 1 is 1.35 bits per heavy atom. The third-order valence-corrected chi connectivity index (χ3v) is 3.25. The average Bonchev–Trinajstić information content (AvgIpc) is 2.72. The van der Waals surface area contributed by atoms with Gasteiger partial charge in [-0.25, -0.2) is 0 Å². The van der Waals surface area contributed by atoms with Crippen molar-refractivity contribution in [3.05, 3.63) is 23.8 Å². The number of carbonyl (C=O) groups excluding carboxylic acids is 1. The molecule has 4 nitrogen and oxygen atoms in total. The molecule has 1 aromatic rings. The molecule has 1 amide bonds. The Morgan fingerprint density at radius 2 is 2.00 bits per heavy atom. The molecule has 0 bridgehead atoms. The molecule has 3 N–H and O–H groups in total. The number of aliphatic hydroxyl groups is 1. The van der Waals surface area contributed by atoms with E-state index in [1.54, 1.807) is 12.1 Å². The smallest absolute Gasteiger partial charge is 0.256 e. The highest BCUT2D eigenvalue weighted by molar-refractivity contribution is 5.98. The maximum Gasteiger partial charge on any atom is 0.256 e. The van der Waals surface area contributed by atoms with Gasteiger partial charge in [0.2, 0.25) is 0 Å². The van der Waals surface area contributed by atoms with E-state index < -0.39 is 11.5 Å². The highest BCUT2D eigenvalue weighted by Gasteiger charge is 2.38. The van der Waals surface area contributed by atoms with Crippen LogP contribution < -0.4 is 5.32 Å². The molecule has 0 radical (unpaired) electrons. The Kier molecular flexibility index (Phi) is 3.07. The summed E-state index contributed by atoms with van der Waals surface area (Å²) in [6.45, 7) is 1.87. The third kappa shape index (κ3) is 2.42. The van der Waals surface area contributed by atoms with E-state index in [1.165, 1.54) is 6.07 Å². The van der Waals surface area contributed by atoms with Gasteiger partial charge >= 0.3 is 0 Å².